The molecule has 2 aromatic heterocycles. The van der Waals surface area contributed by atoms with Crippen molar-refractivity contribution in [3.63, 3.8) is 0 Å². The van der Waals surface area contributed by atoms with Gasteiger partial charge in [-0.1, -0.05) is 30.1 Å². The normalized spacial score (nSPS) is 12.2. The molecular formula is C14H18Cl2N4O. The Labute approximate surface area is 134 Å². The molecule has 1 atom stereocenters. The molecule has 7 heteroatoms. The first-order chi connectivity index (χ1) is 10.0. The van der Waals surface area contributed by atoms with Crippen LogP contribution >= 0.6 is 23.2 Å². The lowest BCUT2D eigenvalue weighted by atomic mass is 10.3. The van der Waals surface area contributed by atoms with E-state index in [4.69, 9.17) is 27.6 Å². The van der Waals surface area contributed by atoms with Crippen LogP contribution in [0.3, 0.4) is 0 Å². The number of hydrogen-bond acceptors (Lipinski definition) is 5. The van der Waals surface area contributed by atoms with Crippen molar-refractivity contribution >= 4 is 34.8 Å². The van der Waals surface area contributed by atoms with Crippen molar-refractivity contribution in [3.05, 3.63) is 34.0 Å². The maximum absolute atomic E-state index is 6.18. The molecule has 2 aromatic rings. The molecule has 0 bridgehead atoms. The van der Waals surface area contributed by atoms with Gasteiger partial charge >= 0.3 is 0 Å². The van der Waals surface area contributed by atoms with E-state index in [2.05, 4.69) is 27.5 Å². The summed E-state index contributed by atoms with van der Waals surface area (Å²) in [5.74, 6) is 2.51. The van der Waals surface area contributed by atoms with Crippen molar-refractivity contribution in [2.24, 2.45) is 0 Å². The monoisotopic (exact) mass is 328 g/mol. The van der Waals surface area contributed by atoms with Crippen LogP contribution < -0.4 is 10.6 Å². The van der Waals surface area contributed by atoms with E-state index in [0.29, 0.717) is 27.6 Å². The number of pyridine rings is 1. The molecule has 21 heavy (non-hydrogen) atoms. The molecule has 114 valence electrons. The van der Waals surface area contributed by atoms with E-state index in [1.54, 1.807) is 12.3 Å². The van der Waals surface area contributed by atoms with Gasteiger partial charge in [-0.2, -0.15) is 0 Å². The van der Waals surface area contributed by atoms with Gasteiger partial charge in [-0.15, -0.1) is 0 Å². The Hall–Kier alpha value is -1.46. The van der Waals surface area contributed by atoms with Crippen LogP contribution in [0.4, 0.5) is 11.6 Å². The van der Waals surface area contributed by atoms with Crippen LogP contribution in [0.1, 0.15) is 38.0 Å². The molecule has 0 aliphatic rings. The Bertz CT molecular complexity index is 615. The summed E-state index contributed by atoms with van der Waals surface area (Å²) in [7, 11) is 0. The van der Waals surface area contributed by atoms with Crippen molar-refractivity contribution in [2.45, 2.75) is 33.2 Å². The lowest BCUT2D eigenvalue weighted by molar-refractivity contribution is 0.453. The van der Waals surface area contributed by atoms with Gasteiger partial charge in [0, 0.05) is 6.54 Å². The van der Waals surface area contributed by atoms with E-state index in [0.717, 1.165) is 18.7 Å². The van der Waals surface area contributed by atoms with E-state index in [9.17, 15) is 0 Å². The molecule has 0 spiro atoms. The largest absolute Gasteiger partial charge is 0.444 e. The average molecular weight is 329 g/mol. The van der Waals surface area contributed by atoms with Gasteiger partial charge in [-0.05, 0) is 26.3 Å². The fourth-order valence-corrected chi connectivity index (χ4v) is 2.25. The lowest BCUT2D eigenvalue weighted by Crippen LogP contribution is -2.10. The van der Waals surface area contributed by atoms with Gasteiger partial charge in [0.15, 0.2) is 0 Å². The van der Waals surface area contributed by atoms with Crippen molar-refractivity contribution in [1.29, 1.82) is 0 Å². The van der Waals surface area contributed by atoms with Crippen molar-refractivity contribution in [1.82, 2.24) is 9.97 Å². The molecule has 0 aliphatic carbocycles. The number of nitrogens with zero attached hydrogens (tertiary/aromatic N) is 2. The van der Waals surface area contributed by atoms with Gasteiger partial charge in [-0.3, -0.25) is 0 Å². The number of rotatable bonds is 6. The maximum atomic E-state index is 6.18. The Morgan fingerprint density at radius 1 is 1.29 bits per heavy atom. The molecule has 0 amide bonds. The standard InChI is InChI=1S/C14H18Cl2N4O/c1-4-5-17-12-10(15)6-11(16)13(20-12)19-9(3)14-18-7-8(2)21-14/h6-7,9H,4-5H2,1-3H3,(H2,17,19,20). The minimum atomic E-state index is -0.149. The van der Waals surface area contributed by atoms with Gasteiger partial charge in [0.05, 0.1) is 16.2 Å². The maximum Gasteiger partial charge on any atom is 0.216 e. The zero-order valence-corrected chi connectivity index (χ0v) is 13.7. The zero-order chi connectivity index (χ0) is 15.4. The lowest BCUT2D eigenvalue weighted by Gasteiger charge is -2.15. The van der Waals surface area contributed by atoms with Crippen LogP contribution in [0.15, 0.2) is 16.7 Å². The molecule has 1 unspecified atom stereocenters. The highest BCUT2D eigenvalue weighted by molar-refractivity contribution is 6.37. The predicted octanol–water partition coefficient (Wildman–Crippen LogP) is 4.68. The smallest absolute Gasteiger partial charge is 0.216 e. The molecule has 2 N–H and O–H groups in total. The molecule has 0 radical (unpaired) electrons. The molecule has 2 rings (SSSR count). The third-order valence-electron chi connectivity index (χ3n) is 2.83. The van der Waals surface area contributed by atoms with Crippen molar-refractivity contribution in [2.75, 3.05) is 17.2 Å². The van der Waals surface area contributed by atoms with E-state index in [1.165, 1.54) is 0 Å². The second kappa shape index (κ2) is 7.00. The van der Waals surface area contributed by atoms with Gasteiger partial charge < -0.3 is 15.1 Å². The third kappa shape index (κ3) is 4.02. The first-order valence-corrected chi connectivity index (χ1v) is 7.55. The number of nitrogens with one attached hydrogen (secondary N) is 2. The average Bonchev–Trinajstić information content (AvgIpc) is 2.87. The van der Waals surface area contributed by atoms with Crippen LogP contribution in [0.25, 0.3) is 0 Å². The Balaban J connectivity index is 2.18. The van der Waals surface area contributed by atoms with E-state index < -0.39 is 0 Å². The number of oxazole rings is 1. The van der Waals surface area contributed by atoms with Gasteiger partial charge in [-0.25, -0.2) is 9.97 Å². The van der Waals surface area contributed by atoms with Gasteiger partial charge in [0.2, 0.25) is 5.89 Å². The summed E-state index contributed by atoms with van der Waals surface area (Å²) >= 11 is 12.3. The van der Waals surface area contributed by atoms with Crippen molar-refractivity contribution in [3.8, 4) is 0 Å². The summed E-state index contributed by atoms with van der Waals surface area (Å²) in [6.07, 6.45) is 2.66. The molecule has 0 saturated heterocycles. The Morgan fingerprint density at radius 3 is 2.62 bits per heavy atom. The van der Waals surface area contributed by atoms with E-state index in [1.807, 2.05) is 13.8 Å². The quantitative estimate of drug-likeness (QED) is 0.806. The molecular weight excluding hydrogens is 311 g/mol. The number of halogens is 2. The zero-order valence-electron chi connectivity index (χ0n) is 12.2. The second-order valence-corrected chi connectivity index (χ2v) is 5.57. The number of aryl methyl sites for hydroxylation is 1. The van der Waals surface area contributed by atoms with Crippen LogP contribution in [0, 0.1) is 6.92 Å². The first kappa shape index (κ1) is 15.9. The van der Waals surface area contributed by atoms with E-state index in [-0.39, 0.29) is 6.04 Å². The molecule has 0 aromatic carbocycles. The first-order valence-electron chi connectivity index (χ1n) is 6.80. The van der Waals surface area contributed by atoms with Crippen LogP contribution in [0.5, 0.6) is 0 Å². The molecule has 5 nitrogen and oxygen atoms in total. The van der Waals surface area contributed by atoms with E-state index >= 15 is 0 Å². The summed E-state index contributed by atoms with van der Waals surface area (Å²) < 4.78 is 5.49. The Morgan fingerprint density at radius 2 is 2.00 bits per heavy atom. The van der Waals surface area contributed by atoms with Crippen LogP contribution in [-0.2, 0) is 0 Å². The number of anilines is 2. The highest BCUT2D eigenvalue weighted by Gasteiger charge is 2.15. The topological polar surface area (TPSA) is 63.0 Å². The fourth-order valence-electron chi connectivity index (χ4n) is 1.77. The second-order valence-electron chi connectivity index (χ2n) is 4.75. The molecule has 0 aliphatic heterocycles. The molecule has 0 saturated carbocycles. The summed E-state index contributed by atoms with van der Waals surface area (Å²) in [6.45, 7) is 6.64. The van der Waals surface area contributed by atoms with Crippen LogP contribution in [0.2, 0.25) is 10.0 Å². The third-order valence-corrected chi connectivity index (χ3v) is 3.41. The summed E-state index contributed by atoms with van der Waals surface area (Å²) in [4.78, 5) is 8.62. The number of aromatic nitrogens is 2. The minimum Gasteiger partial charge on any atom is -0.444 e. The fraction of sp³-hybridized carbons (Fsp3) is 0.429. The van der Waals surface area contributed by atoms with Crippen LogP contribution in [-0.4, -0.2) is 16.5 Å². The summed E-state index contributed by atoms with van der Waals surface area (Å²) in [5.41, 5.74) is 0. The Kier molecular flexibility index (Phi) is 5.31. The highest BCUT2D eigenvalue weighted by atomic mass is 35.5. The van der Waals surface area contributed by atoms with Crippen molar-refractivity contribution < 1.29 is 4.42 Å². The predicted molar refractivity (Wildman–Crippen MR) is 86.3 cm³/mol. The molecule has 2 heterocycles. The highest BCUT2D eigenvalue weighted by Crippen LogP contribution is 2.31. The summed E-state index contributed by atoms with van der Waals surface area (Å²) in [6, 6.07) is 1.52. The van der Waals surface area contributed by atoms with Gasteiger partial charge in [0.1, 0.15) is 23.4 Å². The molecule has 0 fully saturated rings. The number of hydrogen-bond donors (Lipinski definition) is 2. The minimum absolute atomic E-state index is 0.149. The summed E-state index contributed by atoms with van der Waals surface area (Å²) in [5, 5.41) is 7.31. The SMILES string of the molecule is CCCNc1nc(NC(C)c2ncc(C)o2)c(Cl)cc1Cl. The van der Waals surface area contributed by atoms with Gasteiger partial charge in [0.25, 0.3) is 0 Å².